The highest BCUT2D eigenvalue weighted by molar-refractivity contribution is 6.39. The molecule has 7 rings (SSSR count). The molecule has 1 aromatic carbocycles. The third kappa shape index (κ3) is 4.22. The first-order chi connectivity index (χ1) is 18.9. The second-order valence-corrected chi connectivity index (χ2v) is 11.3. The molecule has 1 N–H and O–H groups in total. The van der Waals surface area contributed by atoms with E-state index >= 15 is 0 Å². The van der Waals surface area contributed by atoms with Crippen LogP contribution in [0.2, 0.25) is 10.0 Å². The molecule has 0 amide bonds. The van der Waals surface area contributed by atoms with Gasteiger partial charge in [0.05, 0.1) is 17.2 Å². The molecule has 8 nitrogen and oxygen atoms in total. The zero-order chi connectivity index (χ0) is 26.8. The normalized spacial score (nSPS) is 22.0. The summed E-state index contributed by atoms with van der Waals surface area (Å²) in [4.78, 5) is 22.0. The van der Waals surface area contributed by atoms with Crippen LogP contribution in [-0.4, -0.2) is 46.4 Å². The molecule has 4 heterocycles. The summed E-state index contributed by atoms with van der Waals surface area (Å²) in [6.45, 7) is 1.89. The van der Waals surface area contributed by atoms with Gasteiger partial charge in [-0.15, -0.1) is 0 Å². The van der Waals surface area contributed by atoms with Gasteiger partial charge >= 0.3 is 5.97 Å². The Hall–Kier alpha value is -3.62. The van der Waals surface area contributed by atoms with Crippen LogP contribution in [0.3, 0.4) is 0 Å². The molecule has 3 aliphatic rings. The highest BCUT2D eigenvalue weighted by Crippen LogP contribution is 2.54. The van der Waals surface area contributed by atoms with E-state index in [-0.39, 0.29) is 5.69 Å². The van der Waals surface area contributed by atoms with Crippen LogP contribution in [0.1, 0.15) is 40.6 Å². The Kier molecular flexibility index (Phi) is 5.79. The van der Waals surface area contributed by atoms with Gasteiger partial charge in [-0.1, -0.05) is 46.6 Å². The van der Waals surface area contributed by atoms with Gasteiger partial charge in [0, 0.05) is 53.6 Å². The average Bonchev–Trinajstić information content (AvgIpc) is 3.79. The van der Waals surface area contributed by atoms with E-state index < -0.39 is 5.97 Å². The SMILES string of the molecule is COc1nc(C(=O)O)cc2ccc(N3CC4C(C=Cc5c(-c6c(Cl)cncc6Cl)noc5C5CC5)C4C3)cc12. The summed E-state index contributed by atoms with van der Waals surface area (Å²) in [6, 6.07) is 7.59. The molecule has 1 aliphatic heterocycles. The lowest BCUT2D eigenvalue weighted by molar-refractivity contribution is 0.0689. The van der Waals surface area contributed by atoms with Gasteiger partial charge in [0.25, 0.3) is 0 Å². The summed E-state index contributed by atoms with van der Waals surface area (Å²) in [5.41, 5.74) is 3.34. The van der Waals surface area contributed by atoms with E-state index in [2.05, 4.69) is 32.2 Å². The minimum absolute atomic E-state index is 0.0292. The molecule has 0 bridgehead atoms. The number of methoxy groups -OCH3 is 1. The number of rotatable bonds is 7. The molecular weight excluding hydrogens is 539 g/mol. The highest BCUT2D eigenvalue weighted by atomic mass is 35.5. The predicted octanol–water partition coefficient (Wildman–Crippen LogP) is 6.57. The number of halogens is 2. The molecule has 3 fully saturated rings. The van der Waals surface area contributed by atoms with Crippen molar-refractivity contribution in [3.63, 3.8) is 0 Å². The fourth-order valence-corrected chi connectivity index (χ4v) is 6.41. The Morgan fingerprint density at radius 1 is 1.15 bits per heavy atom. The number of nitrogens with zero attached hydrogens (tertiary/aromatic N) is 4. The Labute approximate surface area is 234 Å². The van der Waals surface area contributed by atoms with Gasteiger partial charge in [-0.05, 0) is 54.2 Å². The number of aromatic carboxylic acids is 1. The summed E-state index contributed by atoms with van der Waals surface area (Å²) < 4.78 is 11.2. The van der Waals surface area contributed by atoms with E-state index in [1.54, 1.807) is 18.5 Å². The van der Waals surface area contributed by atoms with Gasteiger partial charge in [0.2, 0.25) is 5.88 Å². The Bertz CT molecular complexity index is 1630. The number of carboxylic acid groups (broad SMARTS) is 1. The zero-order valence-electron chi connectivity index (χ0n) is 21.0. The van der Waals surface area contributed by atoms with Crippen LogP contribution in [0.4, 0.5) is 5.69 Å². The second kappa shape index (κ2) is 9.24. The number of allylic oxidation sites excluding steroid dienone is 1. The van der Waals surface area contributed by atoms with Crippen molar-refractivity contribution in [3.05, 3.63) is 69.8 Å². The third-order valence-electron chi connectivity index (χ3n) is 8.10. The molecule has 39 heavy (non-hydrogen) atoms. The maximum absolute atomic E-state index is 11.4. The first-order valence-corrected chi connectivity index (χ1v) is 13.6. The molecule has 3 aromatic heterocycles. The number of aromatic nitrogens is 3. The van der Waals surface area contributed by atoms with Gasteiger partial charge in [-0.3, -0.25) is 4.98 Å². The highest BCUT2D eigenvalue weighted by Gasteiger charge is 2.54. The van der Waals surface area contributed by atoms with Crippen molar-refractivity contribution in [1.29, 1.82) is 0 Å². The smallest absolute Gasteiger partial charge is 0.354 e. The van der Waals surface area contributed by atoms with Crippen molar-refractivity contribution in [1.82, 2.24) is 15.1 Å². The maximum atomic E-state index is 11.4. The first-order valence-electron chi connectivity index (χ1n) is 12.9. The maximum Gasteiger partial charge on any atom is 0.354 e. The number of carboxylic acids is 1. The van der Waals surface area contributed by atoms with E-state index in [1.807, 2.05) is 18.2 Å². The molecule has 2 saturated carbocycles. The lowest BCUT2D eigenvalue weighted by Crippen LogP contribution is -2.23. The minimum atomic E-state index is -1.08. The van der Waals surface area contributed by atoms with Gasteiger partial charge < -0.3 is 19.3 Å². The largest absolute Gasteiger partial charge is 0.481 e. The molecular formula is C29H24Cl2N4O4. The number of ether oxygens (including phenoxy) is 1. The molecule has 0 radical (unpaired) electrons. The van der Waals surface area contributed by atoms with E-state index in [1.165, 1.54) is 7.11 Å². The standard InChI is InChI=1S/C29H24Cl2N4O4/c1-38-28-19-9-16(5-4-15(19)8-24(33-28)29(36)37)35-12-20-17(21(20)13-35)6-7-18-26(34-39-27(18)14-2-3-14)25-22(30)10-32-11-23(25)31/h4-11,14,17,20-21H,2-3,12-13H2,1H3,(H,36,37). The lowest BCUT2D eigenvalue weighted by atomic mass is 10.0. The van der Waals surface area contributed by atoms with Crippen LogP contribution in [0, 0.1) is 17.8 Å². The molecule has 0 spiro atoms. The summed E-state index contributed by atoms with van der Waals surface area (Å²) in [6.07, 6.45) is 9.78. The number of piperidine rings is 1. The van der Waals surface area contributed by atoms with Crippen molar-refractivity contribution < 1.29 is 19.2 Å². The number of hydrogen-bond donors (Lipinski definition) is 1. The van der Waals surface area contributed by atoms with Gasteiger partial charge in [-0.2, -0.15) is 0 Å². The van der Waals surface area contributed by atoms with Crippen LogP contribution >= 0.6 is 23.2 Å². The van der Waals surface area contributed by atoms with Crippen molar-refractivity contribution in [2.45, 2.75) is 18.8 Å². The van der Waals surface area contributed by atoms with Crippen LogP contribution in [0.25, 0.3) is 28.1 Å². The molecule has 1 saturated heterocycles. The zero-order valence-corrected chi connectivity index (χ0v) is 22.5. The molecule has 10 heteroatoms. The summed E-state index contributed by atoms with van der Waals surface area (Å²) in [5, 5.41) is 16.2. The average molecular weight is 563 g/mol. The van der Waals surface area contributed by atoms with Crippen molar-refractivity contribution in [3.8, 4) is 17.1 Å². The van der Waals surface area contributed by atoms with Crippen LogP contribution < -0.4 is 9.64 Å². The Morgan fingerprint density at radius 3 is 2.56 bits per heavy atom. The van der Waals surface area contributed by atoms with Crippen LogP contribution in [0.15, 0.2) is 47.3 Å². The number of fused-ring (bicyclic) bond motifs is 2. The molecule has 198 valence electrons. The Morgan fingerprint density at radius 2 is 1.90 bits per heavy atom. The fraction of sp³-hybridized carbons (Fsp3) is 0.310. The molecule has 4 aromatic rings. The van der Waals surface area contributed by atoms with E-state index in [4.69, 9.17) is 32.5 Å². The van der Waals surface area contributed by atoms with Crippen molar-refractivity contribution in [2.75, 3.05) is 25.1 Å². The van der Waals surface area contributed by atoms with Gasteiger partial charge in [0.15, 0.2) is 5.69 Å². The quantitative estimate of drug-likeness (QED) is 0.269. The van der Waals surface area contributed by atoms with Gasteiger partial charge in [0.1, 0.15) is 11.5 Å². The number of benzene rings is 1. The number of pyridine rings is 2. The molecule has 2 unspecified atom stereocenters. The third-order valence-corrected chi connectivity index (χ3v) is 8.67. The van der Waals surface area contributed by atoms with E-state index in [9.17, 15) is 9.90 Å². The first kappa shape index (κ1) is 24.4. The van der Waals surface area contributed by atoms with Crippen molar-refractivity contribution >= 4 is 51.7 Å². The molecule has 2 atom stereocenters. The van der Waals surface area contributed by atoms with Crippen LogP contribution in [0.5, 0.6) is 5.88 Å². The Balaban J connectivity index is 1.11. The topological polar surface area (TPSA) is 102 Å². The van der Waals surface area contributed by atoms with Crippen LogP contribution in [-0.2, 0) is 0 Å². The summed E-state index contributed by atoms with van der Waals surface area (Å²) in [5.74, 6) is 2.15. The number of anilines is 1. The number of hydrogen-bond acceptors (Lipinski definition) is 7. The van der Waals surface area contributed by atoms with Gasteiger partial charge in [-0.25, -0.2) is 9.78 Å². The van der Waals surface area contributed by atoms with E-state index in [0.29, 0.717) is 50.9 Å². The minimum Gasteiger partial charge on any atom is -0.481 e. The second-order valence-electron chi connectivity index (χ2n) is 10.5. The predicted molar refractivity (Wildman–Crippen MR) is 149 cm³/mol. The number of carbonyl (C=O) groups is 1. The van der Waals surface area contributed by atoms with E-state index in [0.717, 1.165) is 53.7 Å². The summed E-state index contributed by atoms with van der Waals surface area (Å²) >= 11 is 12.9. The summed E-state index contributed by atoms with van der Waals surface area (Å²) in [7, 11) is 1.51. The fourth-order valence-electron chi connectivity index (χ4n) is 5.87. The monoisotopic (exact) mass is 562 g/mol. The lowest BCUT2D eigenvalue weighted by Gasteiger charge is -2.22. The molecule has 2 aliphatic carbocycles. The van der Waals surface area contributed by atoms with Crippen molar-refractivity contribution in [2.24, 2.45) is 17.8 Å².